The van der Waals surface area contributed by atoms with Crippen molar-refractivity contribution in [3.8, 4) is 0 Å². The van der Waals surface area contributed by atoms with Gasteiger partial charge in [0.05, 0.1) is 9.73 Å². The van der Waals surface area contributed by atoms with Crippen molar-refractivity contribution in [1.82, 2.24) is 0 Å². The Kier molecular flexibility index (Phi) is 3.40. The van der Waals surface area contributed by atoms with Gasteiger partial charge in [0.15, 0.2) is 0 Å². The summed E-state index contributed by atoms with van der Waals surface area (Å²) in [6, 6.07) is 17.9. The molecule has 1 aliphatic rings. The van der Waals surface area contributed by atoms with Crippen molar-refractivity contribution in [2.75, 3.05) is 0 Å². The number of amides is 1. The Labute approximate surface area is 118 Å². The lowest BCUT2D eigenvalue weighted by Gasteiger charge is -2.08. The zero-order valence-electron chi connectivity index (χ0n) is 10.9. The lowest BCUT2D eigenvalue weighted by atomic mass is 10.2. The molecule has 0 heterocycles. The maximum absolute atomic E-state index is 13.1. The van der Waals surface area contributed by atoms with Crippen LogP contribution in [0.5, 0.6) is 0 Å². The molecule has 1 atom stereocenters. The van der Waals surface area contributed by atoms with Crippen molar-refractivity contribution in [3.63, 3.8) is 0 Å². The zero-order valence-corrected chi connectivity index (χ0v) is 11.8. The van der Waals surface area contributed by atoms with Crippen molar-refractivity contribution in [2.45, 2.75) is 23.0 Å². The number of hydrogen-bond donors (Lipinski definition) is 0. The van der Waals surface area contributed by atoms with Gasteiger partial charge in [-0.2, -0.15) is 4.36 Å². The van der Waals surface area contributed by atoms with Crippen LogP contribution in [0.3, 0.4) is 0 Å². The molecule has 1 aliphatic carbocycles. The third-order valence-electron chi connectivity index (χ3n) is 3.30. The topological polar surface area (TPSA) is 46.5 Å². The zero-order chi connectivity index (χ0) is 14.0. The van der Waals surface area contributed by atoms with Crippen molar-refractivity contribution in [1.29, 1.82) is 0 Å². The van der Waals surface area contributed by atoms with Crippen LogP contribution in [0.4, 0.5) is 0 Å². The number of hydrogen-bond acceptors (Lipinski definition) is 2. The second-order valence-corrected chi connectivity index (χ2v) is 7.30. The van der Waals surface area contributed by atoms with E-state index >= 15 is 0 Å². The first kappa shape index (κ1) is 13.1. The first-order valence-corrected chi connectivity index (χ1v) is 8.18. The molecule has 1 unspecified atom stereocenters. The van der Waals surface area contributed by atoms with Gasteiger partial charge in [-0.25, -0.2) is 4.21 Å². The highest BCUT2D eigenvalue weighted by molar-refractivity contribution is 7.94. The first-order chi connectivity index (χ1) is 9.70. The van der Waals surface area contributed by atoms with Gasteiger partial charge in [0.1, 0.15) is 0 Å². The van der Waals surface area contributed by atoms with Crippen LogP contribution in [-0.2, 0) is 9.73 Å². The molecule has 1 fully saturated rings. The third-order valence-corrected chi connectivity index (χ3v) is 6.06. The first-order valence-electron chi connectivity index (χ1n) is 6.60. The number of benzene rings is 2. The molecular weight excluding hydrogens is 270 g/mol. The normalized spacial score (nSPS) is 17.2. The Balaban J connectivity index is 2.06. The molecule has 0 aliphatic heterocycles. The van der Waals surface area contributed by atoms with Gasteiger partial charge < -0.3 is 0 Å². The molecule has 20 heavy (non-hydrogen) atoms. The summed E-state index contributed by atoms with van der Waals surface area (Å²) in [6.07, 6.45) is 1.75. The van der Waals surface area contributed by atoms with Gasteiger partial charge in [-0.3, -0.25) is 4.79 Å². The summed E-state index contributed by atoms with van der Waals surface area (Å²) in [5.41, 5.74) is 0.483. The van der Waals surface area contributed by atoms with E-state index < -0.39 is 15.6 Å². The van der Waals surface area contributed by atoms with Crippen molar-refractivity contribution < 1.29 is 9.00 Å². The van der Waals surface area contributed by atoms with Crippen molar-refractivity contribution in [3.05, 3.63) is 66.2 Å². The van der Waals surface area contributed by atoms with E-state index in [1.165, 1.54) is 0 Å². The Bertz CT molecular complexity index is 728. The molecule has 0 saturated heterocycles. The van der Waals surface area contributed by atoms with E-state index in [1.807, 2.05) is 24.3 Å². The minimum absolute atomic E-state index is 0.0116. The van der Waals surface area contributed by atoms with Crippen molar-refractivity contribution >= 4 is 15.6 Å². The fourth-order valence-corrected chi connectivity index (χ4v) is 4.39. The smallest absolute Gasteiger partial charge is 0.266 e. The number of carbonyl (C=O) groups is 1. The molecular formula is C16H15NO2S. The van der Waals surface area contributed by atoms with Crippen LogP contribution in [0, 0.1) is 0 Å². The summed E-state index contributed by atoms with van der Waals surface area (Å²) >= 11 is 0. The Morgan fingerprint density at radius 3 is 2.05 bits per heavy atom. The lowest BCUT2D eigenvalue weighted by molar-refractivity contribution is 0.100. The molecule has 0 spiro atoms. The molecule has 0 radical (unpaired) electrons. The maximum Gasteiger partial charge on any atom is 0.285 e. The summed E-state index contributed by atoms with van der Waals surface area (Å²) in [7, 11) is -2.65. The molecule has 3 rings (SSSR count). The van der Waals surface area contributed by atoms with Gasteiger partial charge in [-0.05, 0) is 37.1 Å². The molecule has 3 nitrogen and oxygen atoms in total. The monoisotopic (exact) mass is 285 g/mol. The summed E-state index contributed by atoms with van der Waals surface area (Å²) in [6.45, 7) is 0. The summed E-state index contributed by atoms with van der Waals surface area (Å²) < 4.78 is 17.2. The van der Waals surface area contributed by atoms with Gasteiger partial charge in [0, 0.05) is 15.7 Å². The van der Waals surface area contributed by atoms with Crippen LogP contribution in [0.15, 0.2) is 69.9 Å². The van der Waals surface area contributed by atoms with Gasteiger partial charge in [-0.1, -0.05) is 36.4 Å². The minimum Gasteiger partial charge on any atom is -0.266 e. The van der Waals surface area contributed by atoms with Gasteiger partial charge in [0.2, 0.25) is 0 Å². The van der Waals surface area contributed by atoms with Crippen LogP contribution >= 0.6 is 0 Å². The molecule has 1 amide bonds. The van der Waals surface area contributed by atoms with Crippen LogP contribution in [0.1, 0.15) is 23.2 Å². The Morgan fingerprint density at radius 1 is 0.950 bits per heavy atom. The van der Waals surface area contributed by atoms with E-state index in [0.29, 0.717) is 10.5 Å². The van der Waals surface area contributed by atoms with E-state index in [9.17, 15) is 9.00 Å². The summed E-state index contributed by atoms with van der Waals surface area (Å²) in [4.78, 5) is 12.9. The molecule has 0 aromatic heterocycles. The van der Waals surface area contributed by atoms with Crippen molar-refractivity contribution in [2.24, 2.45) is 4.36 Å². The quantitative estimate of drug-likeness (QED) is 0.866. The Morgan fingerprint density at radius 2 is 1.50 bits per heavy atom. The average molecular weight is 285 g/mol. The van der Waals surface area contributed by atoms with Crippen LogP contribution in [0.2, 0.25) is 0 Å². The van der Waals surface area contributed by atoms with E-state index in [2.05, 4.69) is 4.36 Å². The highest BCUT2D eigenvalue weighted by atomic mass is 32.2. The fourth-order valence-electron chi connectivity index (χ4n) is 2.08. The molecule has 4 heteroatoms. The summed E-state index contributed by atoms with van der Waals surface area (Å²) in [5.74, 6) is -0.397. The van der Waals surface area contributed by atoms with E-state index in [1.54, 1.807) is 36.4 Å². The second-order valence-electron chi connectivity index (χ2n) is 4.84. The fraction of sp³-hybridized carbons (Fsp3) is 0.188. The maximum atomic E-state index is 13.1. The highest BCUT2D eigenvalue weighted by Gasteiger charge is 2.35. The van der Waals surface area contributed by atoms with Gasteiger partial charge in [-0.15, -0.1) is 0 Å². The van der Waals surface area contributed by atoms with E-state index in [4.69, 9.17) is 0 Å². The number of nitrogens with zero attached hydrogens (tertiary/aromatic N) is 1. The van der Waals surface area contributed by atoms with Crippen LogP contribution in [0.25, 0.3) is 0 Å². The van der Waals surface area contributed by atoms with Crippen LogP contribution in [-0.4, -0.2) is 15.4 Å². The second kappa shape index (κ2) is 5.21. The molecule has 0 bridgehead atoms. The number of carbonyl (C=O) groups excluding carboxylic acids is 1. The highest BCUT2D eigenvalue weighted by Crippen LogP contribution is 2.35. The molecule has 2 aromatic rings. The van der Waals surface area contributed by atoms with E-state index in [-0.39, 0.29) is 5.25 Å². The SMILES string of the molecule is O=C(N=S(=O)(c1ccccc1)C1CC1)c1ccccc1. The third kappa shape index (κ3) is 2.51. The molecule has 102 valence electrons. The largest absolute Gasteiger partial charge is 0.285 e. The summed E-state index contributed by atoms with van der Waals surface area (Å²) in [5, 5.41) is 0.0116. The molecule has 0 N–H and O–H groups in total. The predicted molar refractivity (Wildman–Crippen MR) is 79.1 cm³/mol. The van der Waals surface area contributed by atoms with E-state index in [0.717, 1.165) is 12.8 Å². The van der Waals surface area contributed by atoms with Gasteiger partial charge >= 0.3 is 0 Å². The molecule has 2 aromatic carbocycles. The lowest BCUT2D eigenvalue weighted by Crippen LogP contribution is -2.10. The standard InChI is InChI=1S/C16H15NO2S/c18-16(13-7-3-1-4-8-13)17-20(19,15-11-12-15)14-9-5-2-6-10-14/h1-10,15H,11-12H2. The predicted octanol–water partition coefficient (Wildman–Crippen LogP) is 3.52. The number of rotatable bonds is 3. The van der Waals surface area contributed by atoms with Crippen LogP contribution < -0.4 is 0 Å². The average Bonchev–Trinajstić information content (AvgIpc) is 3.34. The minimum atomic E-state index is -2.65. The van der Waals surface area contributed by atoms with Gasteiger partial charge in [0.25, 0.3) is 5.91 Å². The Hall–Kier alpha value is -1.94. The molecule has 1 saturated carbocycles.